The van der Waals surface area contributed by atoms with Gasteiger partial charge < -0.3 is 4.90 Å². The summed E-state index contributed by atoms with van der Waals surface area (Å²) in [6.45, 7) is 0.331. The average molecular weight is 315 g/mol. The van der Waals surface area contributed by atoms with E-state index in [0.29, 0.717) is 12.2 Å². The van der Waals surface area contributed by atoms with Crippen LogP contribution in [0.2, 0.25) is 0 Å². The summed E-state index contributed by atoms with van der Waals surface area (Å²) >= 11 is 1.58. The Bertz CT molecular complexity index is 782. The van der Waals surface area contributed by atoms with Crippen molar-refractivity contribution in [2.45, 2.75) is 6.54 Å². The second-order valence-electron chi connectivity index (χ2n) is 4.94. The highest BCUT2D eigenvalue weighted by molar-refractivity contribution is 7.13. The first-order valence-corrected chi connectivity index (χ1v) is 7.60. The molecular formula is C16H14FN3OS. The van der Waals surface area contributed by atoms with Crippen LogP contribution < -0.4 is 0 Å². The van der Waals surface area contributed by atoms with Gasteiger partial charge in [-0.3, -0.25) is 9.89 Å². The zero-order chi connectivity index (χ0) is 15.5. The fourth-order valence-corrected chi connectivity index (χ4v) is 2.86. The molecule has 6 heteroatoms. The van der Waals surface area contributed by atoms with E-state index < -0.39 is 0 Å². The number of carbonyl (C=O) groups excluding carboxylic acids is 1. The molecule has 3 rings (SSSR count). The molecular weight excluding hydrogens is 301 g/mol. The molecule has 0 fully saturated rings. The van der Waals surface area contributed by atoms with Gasteiger partial charge in [-0.05, 0) is 35.2 Å². The molecule has 1 amide bonds. The van der Waals surface area contributed by atoms with Crippen molar-refractivity contribution < 1.29 is 9.18 Å². The van der Waals surface area contributed by atoms with Crippen LogP contribution in [0, 0.1) is 5.82 Å². The Balaban J connectivity index is 1.73. The van der Waals surface area contributed by atoms with Gasteiger partial charge in [0, 0.05) is 13.6 Å². The van der Waals surface area contributed by atoms with E-state index in [1.807, 2.05) is 17.5 Å². The van der Waals surface area contributed by atoms with Crippen molar-refractivity contribution >= 4 is 17.2 Å². The van der Waals surface area contributed by atoms with E-state index in [-0.39, 0.29) is 11.7 Å². The van der Waals surface area contributed by atoms with Gasteiger partial charge in [0.15, 0.2) is 5.69 Å². The summed E-state index contributed by atoms with van der Waals surface area (Å²) in [7, 11) is 1.67. The summed E-state index contributed by atoms with van der Waals surface area (Å²) < 4.78 is 13.2. The molecule has 1 N–H and O–H groups in total. The first-order chi connectivity index (χ1) is 10.6. The Hall–Kier alpha value is -2.47. The fraction of sp³-hybridized carbons (Fsp3) is 0.125. The monoisotopic (exact) mass is 315 g/mol. The number of aromatic nitrogens is 2. The molecule has 0 bridgehead atoms. The molecule has 2 aromatic heterocycles. The van der Waals surface area contributed by atoms with Crippen molar-refractivity contribution in [1.29, 1.82) is 0 Å². The van der Waals surface area contributed by atoms with E-state index in [1.165, 1.54) is 17.0 Å². The Morgan fingerprint density at radius 1 is 1.32 bits per heavy atom. The molecule has 1 aromatic carbocycles. The van der Waals surface area contributed by atoms with Crippen LogP contribution in [0.5, 0.6) is 0 Å². The molecule has 112 valence electrons. The number of halogens is 1. The lowest BCUT2D eigenvalue weighted by molar-refractivity contribution is 0.0779. The minimum atomic E-state index is -0.307. The molecule has 0 saturated carbocycles. The van der Waals surface area contributed by atoms with Gasteiger partial charge in [0.1, 0.15) is 5.82 Å². The Labute approximate surface area is 131 Å². The highest BCUT2D eigenvalue weighted by Crippen LogP contribution is 2.23. The van der Waals surface area contributed by atoms with Crippen LogP contribution in [0.15, 0.2) is 47.8 Å². The van der Waals surface area contributed by atoms with Crippen LogP contribution in [0.3, 0.4) is 0 Å². The average Bonchev–Trinajstić information content (AvgIpc) is 3.17. The zero-order valence-corrected chi connectivity index (χ0v) is 12.7. The molecule has 0 atom stereocenters. The lowest BCUT2D eigenvalue weighted by Crippen LogP contribution is -2.26. The second-order valence-corrected chi connectivity index (χ2v) is 5.88. The third kappa shape index (κ3) is 3.07. The molecule has 3 aromatic rings. The number of rotatable bonds is 4. The topological polar surface area (TPSA) is 49.0 Å². The normalized spacial score (nSPS) is 10.6. The lowest BCUT2D eigenvalue weighted by Gasteiger charge is -2.15. The smallest absolute Gasteiger partial charge is 0.274 e. The van der Waals surface area contributed by atoms with Gasteiger partial charge in [-0.25, -0.2) is 4.39 Å². The van der Waals surface area contributed by atoms with Gasteiger partial charge in [-0.15, -0.1) is 11.3 Å². The van der Waals surface area contributed by atoms with Crippen molar-refractivity contribution in [2.75, 3.05) is 7.05 Å². The summed E-state index contributed by atoms with van der Waals surface area (Å²) in [6.07, 6.45) is 0. The maximum absolute atomic E-state index is 13.2. The zero-order valence-electron chi connectivity index (χ0n) is 11.9. The molecule has 0 aliphatic heterocycles. The van der Waals surface area contributed by atoms with Gasteiger partial charge in [0.05, 0.1) is 10.6 Å². The van der Waals surface area contributed by atoms with Crippen LogP contribution in [0.1, 0.15) is 16.1 Å². The maximum Gasteiger partial charge on any atom is 0.274 e. The van der Waals surface area contributed by atoms with Gasteiger partial charge in [0.25, 0.3) is 5.91 Å². The highest BCUT2D eigenvalue weighted by atomic mass is 32.1. The van der Waals surface area contributed by atoms with E-state index in [0.717, 1.165) is 16.1 Å². The van der Waals surface area contributed by atoms with Crippen molar-refractivity contribution in [3.63, 3.8) is 0 Å². The minimum absolute atomic E-state index is 0.205. The molecule has 0 saturated heterocycles. The van der Waals surface area contributed by atoms with Gasteiger partial charge in [-0.1, -0.05) is 18.2 Å². The molecule has 22 heavy (non-hydrogen) atoms. The molecule has 0 aliphatic carbocycles. The quantitative estimate of drug-likeness (QED) is 0.800. The Morgan fingerprint density at radius 2 is 2.18 bits per heavy atom. The Kier molecular flexibility index (Phi) is 4.02. The minimum Gasteiger partial charge on any atom is -0.336 e. The van der Waals surface area contributed by atoms with Crippen molar-refractivity contribution in [1.82, 2.24) is 15.1 Å². The van der Waals surface area contributed by atoms with Crippen molar-refractivity contribution in [3.8, 4) is 10.6 Å². The van der Waals surface area contributed by atoms with Crippen molar-refractivity contribution in [2.24, 2.45) is 0 Å². The molecule has 0 unspecified atom stereocenters. The summed E-state index contributed by atoms with van der Waals surface area (Å²) in [5, 5.41) is 8.90. The first kappa shape index (κ1) is 14.5. The largest absolute Gasteiger partial charge is 0.336 e. The van der Waals surface area contributed by atoms with E-state index in [4.69, 9.17) is 0 Å². The third-order valence-electron chi connectivity index (χ3n) is 3.24. The number of thiophene rings is 1. The van der Waals surface area contributed by atoms with E-state index in [1.54, 1.807) is 36.6 Å². The van der Waals surface area contributed by atoms with Crippen LogP contribution in [0.25, 0.3) is 10.6 Å². The van der Waals surface area contributed by atoms with E-state index in [9.17, 15) is 9.18 Å². The van der Waals surface area contributed by atoms with Crippen LogP contribution in [-0.4, -0.2) is 28.1 Å². The standard InChI is InChI=1S/C16H14FN3OS/c1-20(10-11-4-2-5-12(17)8-11)16(21)14-9-13(18-19-14)15-6-3-7-22-15/h2-9H,10H2,1H3,(H,18,19). The van der Waals surface area contributed by atoms with Crippen LogP contribution >= 0.6 is 11.3 Å². The summed E-state index contributed by atoms with van der Waals surface area (Å²) in [5.74, 6) is -0.513. The summed E-state index contributed by atoms with van der Waals surface area (Å²) in [5.41, 5.74) is 1.91. The number of hydrogen-bond acceptors (Lipinski definition) is 3. The third-order valence-corrected chi connectivity index (χ3v) is 4.14. The fourth-order valence-electron chi connectivity index (χ4n) is 2.17. The molecule has 4 nitrogen and oxygen atoms in total. The number of amides is 1. The van der Waals surface area contributed by atoms with E-state index in [2.05, 4.69) is 10.2 Å². The SMILES string of the molecule is CN(Cc1cccc(F)c1)C(=O)c1cc(-c2cccs2)[nH]n1. The van der Waals surface area contributed by atoms with Crippen molar-refractivity contribution in [3.05, 3.63) is 64.9 Å². The first-order valence-electron chi connectivity index (χ1n) is 6.72. The number of carbonyl (C=O) groups is 1. The molecule has 0 spiro atoms. The number of hydrogen-bond donors (Lipinski definition) is 1. The predicted molar refractivity (Wildman–Crippen MR) is 84.1 cm³/mol. The van der Waals surface area contributed by atoms with E-state index >= 15 is 0 Å². The van der Waals surface area contributed by atoms with Gasteiger partial charge >= 0.3 is 0 Å². The molecule has 0 radical (unpaired) electrons. The lowest BCUT2D eigenvalue weighted by atomic mass is 10.2. The number of H-pyrrole nitrogens is 1. The molecule has 0 aliphatic rings. The van der Waals surface area contributed by atoms with Crippen LogP contribution in [-0.2, 0) is 6.54 Å². The van der Waals surface area contributed by atoms with Gasteiger partial charge in [0.2, 0.25) is 0 Å². The summed E-state index contributed by atoms with van der Waals surface area (Å²) in [4.78, 5) is 14.9. The summed E-state index contributed by atoms with van der Waals surface area (Å²) in [6, 6.07) is 11.9. The molecule has 2 heterocycles. The highest BCUT2D eigenvalue weighted by Gasteiger charge is 2.16. The number of aromatic amines is 1. The van der Waals surface area contributed by atoms with Crippen LogP contribution in [0.4, 0.5) is 4.39 Å². The number of nitrogens with one attached hydrogen (secondary N) is 1. The maximum atomic E-state index is 13.2. The number of benzene rings is 1. The predicted octanol–water partition coefficient (Wildman–Crippen LogP) is 3.55. The number of nitrogens with zero attached hydrogens (tertiary/aromatic N) is 2. The van der Waals surface area contributed by atoms with Gasteiger partial charge in [-0.2, -0.15) is 5.10 Å². The second kappa shape index (κ2) is 6.11. The Morgan fingerprint density at radius 3 is 2.91 bits per heavy atom.